The summed E-state index contributed by atoms with van der Waals surface area (Å²) in [6.07, 6.45) is -3.59. The van der Waals surface area contributed by atoms with E-state index in [0.29, 0.717) is 17.1 Å². The fourth-order valence-electron chi connectivity index (χ4n) is 2.42. The van der Waals surface area contributed by atoms with E-state index in [1.165, 1.54) is 7.11 Å². The molecule has 2 N–H and O–H groups in total. The molecule has 1 aromatic carbocycles. The normalized spacial score (nSPS) is 19.0. The number of hydrogen-bond donors (Lipinski definition) is 2. The van der Waals surface area contributed by atoms with Crippen LogP contribution >= 0.6 is 0 Å². The zero-order valence-corrected chi connectivity index (χ0v) is 11.8. The fourth-order valence-corrected chi connectivity index (χ4v) is 2.42. The summed E-state index contributed by atoms with van der Waals surface area (Å²) in [5.41, 5.74) is 1.41. The molecule has 0 aliphatic carbocycles. The number of aliphatic hydroxyl groups excluding tert-OH is 1. The first-order valence-corrected chi connectivity index (χ1v) is 6.62. The van der Waals surface area contributed by atoms with Gasteiger partial charge < -0.3 is 14.6 Å². The van der Waals surface area contributed by atoms with Gasteiger partial charge in [-0.15, -0.1) is 0 Å². The first-order valence-electron chi connectivity index (χ1n) is 6.62. The number of ether oxygens (including phenoxy) is 2. The zero-order valence-electron chi connectivity index (χ0n) is 11.8. The third-order valence-electron chi connectivity index (χ3n) is 3.36. The van der Waals surface area contributed by atoms with Crippen LogP contribution in [0.2, 0.25) is 0 Å². The van der Waals surface area contributed by atoms with Crippen LogP contribution in [0.4, 0.5) is 13.2 Å². The van der Waals surface area contributed by atoms with E-state index >= 15 is 0 Å². The number of methoxy groups -OCH3 is 1. The zero-order chi connectivity index (χ0) is 15.6. The highest BCUT2D eigenvalue weighted by Crippen LogP contribution is 2.37. The molecule has 1 aliphatic rings. The number of aliphatic hydroxyl groups is 1. The molecule has 1 heterocycles. The minimum Gasteiger partial charge on any atom is -0.496 e. The summed E-state index contributed by atoms with van der Waals surface area (Å²) in [6, 6.07) is 2.53. The van der Waals surface area contributed by atoms with Gasteiger partial charge in [-0.05, 0) is 19.1 Å². The second-order valence-corrected chi connectivity index (χ2v) is 5.07. The third-order valence-corrected chi connectivity index (χ3v) is 3.36. The minimum atomic E-state index is -4.34. The maximum absolute atomic E-state index is 12.3. The molecule has 4 nitrogen and oxygen atoms in total. The van der Waals surface area contributed by atoms with E-state index in [0.717, 1.165) is 12.0 Å². The number of rotatable bonds is 5. The Balaban J connectivity index is 2.26. The van der Waals surface area contributed by atoms with Crippen molar-refractivity contribution in [1.82, 2.24) is 5.32 Å². The number of halogens is 3. The van der Waals surface area contributed by atoms with Crippen molar-refractivity contribution in [3.05, 3.63) is 23.3 Å². The van der Waals surface area contributed by atoms with Crippen LogP contribution in [0.3, 0.4) is 0 Å². The predicted octanol–water partition coefficient (Wildman–Crippen LogP) is 2.20. The van der Waals surface area contributed by atoms with E-state index in [1.54, 1.807) is 12.1 Å². The number of alkyl halides is 3. The molecule has 0 bridgehead atoms. The van der Waals surface area contributed by atoms with Crippen molar-refractivity contribution in [2.45, 2.75) is 31.7 Å². The van der Waals surface area contributed by atoms with E-state index < -0.39 is 25.4 Å². The van der Waals surface area contributed by atoms with Gasteiger partial charge in [-0.1, -0.05) is 0 Å². The summed E-state index contributed by atoms with van der Waals surface area (Å²) in [5, 5.41) is 11.7. The van der Waals surface area contributed by atoms with E-state index in [2.05, 4.69) is 5.32 Å². The first kappa shape index (κ1) is 15.9. The van der Waals surface area contributed by atoms with Crippen molar-refractivity contribution in [2.75, 3.05) is 20.3 Å². The number of fused-ring (bicyclic) bond motifs is 1. The Morgan fingerprint density at radius 2 is 2.19 bits per heavy atom. The second kappa shape index (κ2) is 6.11. The molecule has 7 heteroatoms. The summed E-state index contributed by atoms with van der Waals surface area (Å²) in [7, 11) is 1.45. The van der Waals surface area contributed by atoms with Crippen LogP contribution in [0.5, 0.6) is 11.5 Å². The molecule has 0 aromatic heterocycles. The van der Waals surface area contributed by atoms with Crippen molar-refractivity contribution < 1.29 is 27.8 Å². The maximum atomic E-state index is 12.3. The van der Waals surface area contributed by atoms with Gasteiger partial charge in [0.05, 0.1) is 26.3 Å². The van der Waals surface area contributed by atoms with Crippen LogP contribution in [0.25, 0.3) is 0 Å². The van der Waals surface area contributed by atoms with Gasteiger partial charge in [0, 0.05) is 17.5 Å². The van der Waals surface area contributed by atoms with E-state index in [4.69, 9.17) is 9.47 Å². The van der Waals surface area contributed by atoms with Crippen molar-refractivity contribution in [2.24, 2.45) is 0 Å². The summed E-state index contributed by atoms with van der Waals surface area (Å²) < 4.78 is 47.8. The number of benzene rings is 1. The van der Waals surface area contributed by atoms with Crippen LogP contribution in [0.15, 0.2) is 12.1 Å². The largest absolute Gasteiger partial charge is 0.496 e. The van der Waals surface area contributed by atoms with Gasteiger partial charge in [0.2, 0.25) is 0 Å². The lowest BCUT2D eigenvalue weighted by Gasteiger charge is -2.21. The molecule has 1 aromatic rings. The Morgan fingerprint density at radius 1 is 1.48 bits per heavy atom. The van der Waals surface area contributed by atoms with Gasteiger partial charge in [-0.2, -0.15) is 13.2 Å². The second-order valence-electron chi connectivity index (χ2n) is 5.07. The molecule has 0 amide bonds. The molecule has 0 radical (unpaired) electrons. The summed E-state index contributed by atoms with van der Waals surface area (Å²) in [4.78, 5) is 0. The van der Waals surface area contributed by atoms with Crippen molar-refractivity contribution in [1.29, 1.82) is 0 Å². The monoisotopic (exact) mass is 305 g/mol. The van der Waals surface area contributed by atoms with Gasteiger partial charge in [0.25, 0.3) is 0 Å². The topological polar surface area (TPSA) is 50.7 Å². The highest BCUT2D eigenvalue weighted by atomic mass is 19.4. The van der Waals surface area contributed by atoms with Gasteiger partial charge in [-0.3, -0.25) is 5.32 Å². The van der Waals surface area contributed by atoms with E-state index in [-0.39, 0.29) is 6.10 Å². The Bertz CT molecular complexity index is 505. The Morgan fingerprint density at radius 3 is 2.76 bits per heavy atom. The van der Waals surface area contributed by atoms with Crippen LogP contribution in [0, 0.1) is 0 Å². The van der Waals surface area contributed by atoms with Crippen LogP contribution in [-0.4, -0.2) is 37.6 Å². The van der Waals surface area contributed by atoms with E-state index in [9.17, 15) is 18.3 Å². The molecule has 1 aliphatic heterocycles. The number of nitrogens with one attached hydrogen (secondary N) is 1. The average molecular weight is 305 g/mol. The van der Waals surface area contributed by atoms with Crippen molar-refractivity contribution in [3.8, 4) is 11.5 Å². The SMILES string of the molecule is COc1cc2c(cc1C(CO)NCC(F)(F)F)OC(C)C2. The highest BCUT2D eigenvalue weighted by molar-refractivity contribution is 5.50. The molecule has 0 fully saturated rings. The lowest BCUT2D eigenvalue weighted by molar-refractivity contribution is -0.126. The van der Waals surface area contributed by atoms with Gasteiger partial charge >= 0.3 is 6.18 Å². The average Bonchev–Trinajstić information content (AvgIpc) is 2.76. The van der Waals surface area contributed by atoms with Crippen LogP contribution in [-0.2, 0) is 6.42 Å². The first-order chi connectivity index (χ1) is 9.84. The standard InChI is InChI=1S/C14H18F3NO3/c1-8-3-9-4-13(20-2)10(5-12(9)21-8)11(6-19)18-7-14(15,16)17/h4-5,8,11,18-19H,3,6-7H2,1-2H3. The molecular weight excluding hydrogens is 287 g/mol. The highest BCUT2D eigenvalue weighted by Gasteiger charge is 2.30. The third kappa shape index (κ3) is 3.79. The Kier molecular flexibility index (Phi) is 4.63. The summed E-state index contributed by atoms with van der Waals surface area (Å²) in [6.45, 7) is 0.258. The molecule has 2 rings (SSSR count). The lowest BCUT2D eigenvalue weighted by atomic mass is 10.0. The van der Waals surface area contributed by atoms with Gasteiger partial charge in [-0.25, -0.2) is 0 Å². The fraction of sp³-hybridized carbons (Fsp3) is 0.571. The predicted molar refractivity (Wildman–Crippen MR) is 70.7 cm³/mol. The Labute approximate surface area is 120 Å². The molecule has 2 unspecified atom stereocenters. The van der Waals surface area contributed by atoms with Crippen LogP contribution < -0.4 is 14.8 Å². The molecule has 0 saturated carbocycles. The number of hydrogen-bond acceptors (Lipinski definition) is 4. The van der Waals surface area contributed by atoms with E-state index in [1.807, 2.05) is 6.92 Å². The quantitative estimate of drug-likeness (QED) is 0.876. The molecule has 118 valence electrons. The smallest absolute Gasteiger partial charge is 0.401 e. The van der Waals surface area contributed by atoms with Crippen molar-refractivity contribution in [3.63, 3.8) is 0 Å². The molecule has 0 saturated heterocycles. The Hall–Kier alpha value is -1.47. The van der Waals surface area contributed by atoms with Gasteiger partial charge in [0.1, 0.15) is 17.6 Å². The minimum absolute atomic E-state index is 0.0238. The summed E-state index contributed by atoms with van der Waals surface area (Å²) in [5.74, 6) is 1.07. The maximum Gasteiger partial charge on any atom is 0.401 e. The van der Waals surface area contributed by atoms with Crippen molar-refractivity contribution >= 4 is 0 Å². The summed E-state index contributed by atoms with van der Waals surface area (Å²) >= 11 is 0. The molecule has 0 spiro atoms. The molecule has 21 heavy (non-hydrogen) atoms. The molecule has 2 atom stereocenters. The van der Waals surface area contributed by atoms with Crippen LogP contribution in [0.1, 0.15) is 24.1 Å². The van der Waals surface area contributed by atoms with Gasteiger partial charge in [0.15, 0.2) is 0 Å². The lowest BCUT2D eigenvalue weighted by Crippen LogP contribution is -2.34. The molecular formula is C14H18F3NO3.